The molecule has 2 aromatic rings. The van der Waals surface area contributed by atoms with E-state index in [0.717, 1.165) is 4.88 Å². The second-order valence-electron chi connectivity index (χ2n) is 3.67. The number of carboxylic acids is 1. The first kappa shape index (κ1) is 16.0. The lowest BCUT2D eigenvalue weighted by Crippen LogP contribution is -2.10. The van der Waals surface area contributed by atoms with Crippen LogP contribution in [0.3, 0.4) is 0 Å². The third-order valence-electron chi connectivity index (χ3n) is 2.44. The molecule has 1 heterocycles. The maximum atomic E-state index is 10.9. The summed E-state index contributed by atoms with van der Waals surface area (Å²) in [5.41, 5.74) is 6.52. The number of carbonyl (C=O) groups is 1. The normalized spacial score (nSPS) is 10.8. The molecule has 1 aromatic carbocycles. The van der Waals surface area contributed by atoms with Crippen LogP contribution in [0.25, 0.3) is 0 Å². The highest BCUT2D eigenvalue weighted by Crippen LogP contribution is 2.29. The molecule has 0 aliphatic heterocycles. The predicted octanol–water partition coefficient (Wildman–Crippen LogP) is 2.91. The van der Waals surface area contributed by atoms with Crippen molar-refractivity contribution in [1.82, 2.24) is 0 Å². The lowest BCUT2D eigenvalue weighted by atomic mass is 10.2. The minimum Gasteiger partial charge on any atom is -0.494 e. The van der Waals surface area contributed by atoms with Crippen LogP contribution in [0.1, 0.15) is 15.2 Å². The molecule has 0 amide bonds. The van der Waals surface area contributed by atoms with Crippen molar-refractivity contribution in [1.29, 1.82) is 0 Å². The number of ether oxygens (including phenoxy) is 1. The predicted molar refractivity (Wildman–Crippen MR) is 81.9 cm³/mol. The Morgan fingerprint density at radius 3 is 2.70 bits per heavy atom. The second-order valence-corrected chi connectivity index (χ2v) is 4.61. The summed E-state index contributed by atoms with van der Waals surface area (Å²) in [5, 5.41) is 10.8. The van der Waals surface area contributed by atoms with Gasteiger partial charge in [0, 0.05) is 0 Å². The monoisotopic (exact) mass is 312 g/mol. The Hall–Kier alpha value is -2.05. The Morgan fingerprint density at radius 1 is 1.40 bits per heavy atom. The van der Waals surface area contributed by atoms with Gasteiger partial charge in [0.25, 0.3) is 0 Å². The average Bonchev–Trinajstić information content (AvgIpc) is 2.92. The van der Waals surface area contributed by atoms with Crippen LogP contribution in [0.15, 0.2) is 40.7 Å². The standard InChI is InChI=1S/C13H12N2O3S.ClH/c1-18-10-7-8(13(16)17)4-5-9(10)15-12(14)11-3-2-6-19-11;/h2-7H,1H3,(H2,14,15)(H,16,17);1H. The van der Waals surface area contributed by atoms with E-state index in [9.17, 15) is 4.79 Å². The van der Waals surface area contributed by atoms with Gasteiger partial charge in [-0.2, -0.15) is 0 Å². The maximum Gasteiger partial charge on any atom is 0.335 e. The number of benzene rings is 1. The number of methoxy groups -OCH3 is 1. The van der Waals surface area contributed by atoms with E-state index in [-0.39, 0.29) is 18.0 Å². The van der Waals surface area contributed by atoms with Crippen LogP contribution in [0.5, 0.6) is 5.75 Å². The molecule has 0 saturated carbocycles. The molecule has 0 bridgehead atoms. The van der Waals surface area contributed by atoms with Crippen LogP contribution in [-0.4, -0.2) is 24.0 Å². The van der Waals surface area contributed by atoms with E-state index in [2.05, 4.69) is 4.99 Å². The summed E-state index contributed by atoms with van der Waals surface area (Å²) < 4.78 is 5.13. The lowest BCUT2D eigenvalue weighted by molar-refractivity contribution is 0.0696. The minimum atomic E-state index is -1.01. The smallest absolute Gasteiger partial charge is 0.335 e. The number of aliphatic imine (C=N–C) groups is 1. The van der Waals surface area contributed by atoms with Gasteiger partial charge in [0.2, 0.25) is 0 Å². The number of amidine groups is 1. The van der Waals surface area contributed by atoms with Crippen molar-refractivity contribution in [2.75, 3.05) is 7.11 Å². The molecule has 1 aromatic heterocycles. The Bertz CT molecular complexity index is 627. The van der Waals surface area contributed by atoms with E-state index in [4.69, 9.17) is 15.6 Å². The molecular weight excluding hydrogens is 300 g/mol. The number of rotatable bonds is 4. The van der Waals surface area contributed by atoms with Gasteiger partial charge in [-0.3, -0.25) is 0 Å². The molecule has 0 spiro atoms. The number of aromatic carboxylic acids is 1. The molecule has 7 heteroatoms. The van der Waals surface area contributed by atoms with Crippen LogP contribution in [0.4, 0.5) is 5.69 Å². The number of hydrogen-bond acceptors (Lipinski definition) is 4. The Balaban J connectivity index is 0.00000200. The number of nitrogens with zero attached hydrogens (tertiary/aromatic N) is 1. The number of carboxylic acid groups (broad SMARTS) is 1. The van der Waals surface area contributed by atoms with Gasteiger partial charge in [0.1, 0.15) is 17.3 Å². The Morgan fingerprint density at radius 2 is 2.15 bits per heavy atom. The molecular formula is C13H13ClN2O3S. The highest BCUT2D eigenvalue weighted by atomic mass is 35.5. The molecule has 0 aliphatic rings. The second kappa shape index (κ2) is 6.93. The van der Waals surface area contributed by atoms with Gasteiger partial charge < -0.3 is 15.6 Å². The van der Waals surface area contributed by atoms with Crippen molar-refractivity contribution in [3.8, 4) is 5.75 Å². The zero-order chi connectivity index (χ0) is 13.8. The fourth-order valence-electron chi connectivity index (χ4n) is 1.51. The van der Waals surface area contributed by atoms with E-state index < -0.39 is 5.97 Å². The highest BCUT2D eigenvalue weighted by molar-refractivity contribution is 7.12. The van der Waals surface area contributed by atoms with Gasteiger partial charge in [-0.15, -0.1) is 23.7 Å². The third-order valence-corrected chi connectivity index (χ3v) is 3.33. The summed E-state index contributed by atoms with van der Waals surface area (Å²) in [7, 11) is 1.46. The molecule has 0 atom stereocenters. The molecule has 20 heavy (non-hydrogen) atoms. The molecule has 106 valence electrons. The molecule has 0 fully saturated rings. The van der Waals surface area contributed by atoms with Crippen LogP contribution in [0.2, 0.25) is 0 Å². The summed E-state index contributed by atoms with van der Waals surface area (Å²) in [6.07, 6.45) is 0. The molecule has 3 N–H and O–H groups in total. The first-order chi connectivity index (χ1) is 9.11. The van der Waals surface area contributed by atoms with Crippen molar-refractivity contribution in [2.24, 2.45) is 10.7 Å². The first-order valence-corrected chi connectivity index (χ1v) is 6.29. The van der Waals surface area contributed by atoms with E-state index in [1.807, 2.05) is 17.5 Å². The van der Waals surface area contributed by atoms with E-state index >= 15 is 0 Å². The van der Waals surface area contributed by atoms with Crippen molar-refractivity contribution in [3.63, 3.8) is 0 Å². The average molecular weight is 313 g/mol. The van der Waals surface area contributed by atoms with Gasteiger partial charge in [-0.05, 0) is 29.6 Å². The third kappa shape index (κ3) is 3.49. The number of thiophene rings is 1. The lowest BCUT2D eigenvalue weighted by Gasteiger charge is -2.06. The van der Waals surface area contributed by atoms with Crippen molar-refractivity contribution >= 4 is 41.2 Å². The zero-order valence-corrected chi connectivity index (χ0v) is 12.2. The summed E-state index contributed by atoms with van der Waals surface area (Å²) in [6.45, 7) is 0. The summed E-state index contributed by atoms with van der Waals surface area (Å²) in [4.78, 5) is 16.0. The maximum absolute atomic E-state index is 10.9. The van der Waals surface area contributed by atoms with Crippen LogP contribution in [-0.2, 0) is 0 Å². The van der Waals surface area contributed by atoms with Gasteiger partial charge in [-0.1, -0.05) is 6.07 Å². The highest BCUT2D eigenvalue weighted by Gasteiger charge is 2.09. The Kier molecular flexibility index (Phi) is 5.54. The minimum absolute atomic E-state index is 0. The molecule has 5 nitrogen and oxygen atoms in total. The number of hydrogen-bond donors (Lipinski definition) is 2. The van der Waals surface area contributed by atoms with Crippen molar-refractivity contribution in [3.05, 3.63) is 46.2 Å². The van der Waals surface area contributed by atoms with Crippen molar-refractivity contribution < 1.29 is 14.6 Å². The van der Waals surface area contributed by atoms with E-state index in [0.29, 0.717) is 17.3 Å². The largest absolute Gasteiger partial charge is 0.494 e. The van der Waals surface area contributed by atoms with Crippen molar-refractivity contribution in [2.45, 2.75) is 0 Å². The molecule has 0 saturated heterocycles. The van der Waals surface area contributed by atoms with Crippen LogP contribution < -0.4 is 10.5 Å². The molecule has 0 aliphatic carbocycles. The van der Waals surface area contributed by atoms with Gasteiger partial charge in [0.05, 0.1) is 17.6 Å². The molecule has 2 rings (SSSR count). The van der Waals surface area contributed by atoms with Crippen LogP contribution >= 0.6 is 23.7 Å². The zero-order valence-electron chi connectivity index (χ0n) is 10.6. The van der Waals surface area contributed by atoms with Gasteiger partial charge in [-0.25, -0.2) is 9.79 Å². The SMILES string of the molecule is COc1cc(C(=O)O)ccc1N=C(N)c1cccs1.Cl. The fraction of sp³-hybridized carbons (Fsp3) is 0.0769. The number of halogens is 1. The van der Waals surface area contributed by atoms with Gasteiger partial charge >= 0.3 is 5.97 Å². The van der Waals surface area contributed by atoms with E-state index in [1.165, 1.54) is 30.6 Å². The number of nitrogens with two attached hydrogens (primary N) is 1. The summed E-state index contributed by atoms with van der Waals surface area (Å²) in [5.74, 6) is -0.268. The quantitative estimate of drug-likeness (QED) is 0.671. The van der Waals surface area contributed by atoms with Gasteiger partial charge in [0.15, 0.2) is 0 Å². The first-order valence-electron chi connectivity index (χ1n) is 5.41. The van der Waals surface area contributed by atoms with E-state index in [1.54, 1.807) is 6.07 Å². The molecule has 0 unspecified atom stereocenters. The Labute approximate surface area is 126 Å². The fourth-order valence-corrected chi connectivity index (χ4v) is 2.14. The summed E-state index contributed by atoms with van der Waals surface area (Å²) in [6, 6.07) is 8.20. The summed E-state index contributed by atoms with van der Waals surface area (Å²) >= 11 is 1.48. The van der Waals surface area contributed by atoms with Crippen LogP contribution in [0, 0.1) is 0 Å². The molecule has 0 radical (unpaired) electrons. The topological polar surface area (TPSA) is 84.9 Å².